The molecule has 2 nitrogen and oxygen atoms in total. The number of hydrogen-bond acceptors (Lipinski definition) is 2. The highest BCUT2D eigenvalue weighted by molar-refractivity contribution is 5.06. The molecule has 1 aliphatic heterocycles. The minimum atomic E-state index is 0.558. The molecule has 0 aliphatic carbocycles. The van der Waals surface area contributed by atoms with Crippen molar-refractivity contribution in [3.8, 4) is 0 Å². The lowest BCUT2D eigenvalue weighted by molar-refractivity contribution is 0.304. The van der Waals surface area contributed by atoms with E-state index in [-0.39, 0.29) is 0 Å². The van der Waals surface area contributed by atoms with E-state index >= 15 is 0 Å². The van der Waals surface area contributed by atoms with Gasteiger partial charge < -0.3 is 9.73 Å². The summed E-state index contributed by atoms with van der Waals surface area (Å²) in [5.41, 5.74) is 0. The molecule has 1 aromatic heterocycles. The van der Waals surface area contributed by atoms with Gasteiger partial charge in [0.05, 0.1) is 6.26 Å². The van der Waals surface area contributed by atoms with E-state index in [1.807, 2.05) is 6.07 Å². The minimum Gasteiger partial charge on any atom is -0.469 e. The summed E-state index contributed by atoms with van der Waals surface area (Å²) in [6.45, 7) is 4.58. The van der Waals surface area contributed by atoms with Crippen molar-refractivity contribution in [3.63, 3.8) is 0 Å². The van der Waals surface area contributed by atoms with Crippen molar-refractivity contribution in [1.29, 1.82) is 0 Å². The molecule has 0 saturated carbocycles. The van der Waals surface area contributed by atoms with Crippen LogP contribution < -0.4 is 5.32 Å². The number of nitrogens with one attached hydrogen (secondary N) is 1. The van der Waals surface area contributed by atoms with Crippen LogP contribution in [0, 0.1) is 5.92 Å². The Hall–Kier alpha value is -0.760. The second kappa shape index (κ2) is 3.97. The third-order valence-corrected chi connectivity index (χ3v) is 3.03. The van der Waals surface area contributed by atoms with Gasteiger partial charge in [0.15, 0.2) is 0 Å². The highest BCUT2D eigenvalue weighted by Gasteiger charge is 2.22. The van der Waals surface area contributed by atoms with Crippen LogP contribution in [-0.4, -0.2) is 13.1 Å². The first-order chi connectivity index (χ1) is 6.38. The summed E-state index contributed by atoms with van der Waals surface area (Å²) >= 11 is 0. The molecule has 2 atom stereocenters. The average molecular weight is 179 g/mol. The predicted molar refractivity (Wildman–Crippen MR) is 52.7 cm³/mol. The zero-order valence-electron chi connectivity index (χ0n) is 8.12. The van der Waals surface area contributed by atoms with E-state index in [1.54, 1.807) is 6.26 Å². The monoisotopic (exact) mass is 179 g/mol. The molecule has 2 heterocycles. The van der Waals surface area contributed by atoms with Crippen LogP contribution >= 0.6 is 0 Å². The highest BCUT2D eigenvalue weighted by Crippen LogP contribution is 2.28. The summed E-state index contributed by atoms with van der Waals surface area (Å²) in [7, 11) is 0. The second-order valence-corrected chi connectivity index (χ2v) is 3.91. The van der Waals surface area contributed by atoms with Gasteiger partial charge in [-0.25, -0.2) is 0 Å². The normalized spacial score (nSPS) is 25.8. The van der Waals surface area contributed by atoms with Crippen molar-refractivity contribution in [2.75, 3.05) is 13.1 Å². The third-order valence-electron chi connectivity index (χ3n) is 3.03. The summed E-state index contributed by atoms with van der Waals surface area (Å²) < 4.78 is 5.42. The molecule has 0 radical (unpaired) electrons. The Labute approximate surface area is 79.3 Å². The average Bonchev–Trinajstić information content (AvgIpc) is 2.71. The molecule has 13 heavy (non-hydrogen) atoms. The van der Waals surface area contributed by atoms with E-state index in [9.17, 15) is 0 Å². The maximum atomic E-state index is 5.42. The summed E-state index contributed by atoms with van der Waals surface area (Å²) in [5.74, 6) is 2.44. The molecule has 1 N–H and O–H groups in total. The number of hydrogen-bond donors (Lipinski definition) is 1. The summed E-state index contributed by atoms with van der Waals surface area (Å²) in [6.07, 6.45) is 4.40. The molecule has 2 unspecified atom stereocenters. The van der Waals surface area contributed by atoms with Crippen molar-refractivity contribution in [2.24, 2.45) is 5.92 Å². The second-order valence-electron chi connectivity index (χ2n) is 3.91. The summed E-state index contributed by atoms with van der Waals surface area (Å²) in [6, 6.07) is 4.06. The Kier molecular flexibility index (Phi) is 2.69. The summed E-state index contributed by atoms with van der Waals surface area (Å²) in [4.78, 5) is 0. The Morgan fingerprint density at radius 2 is 2.54 bits per heavy atom. The van der Waals surface area contributed by atoms with Crippen LogP contribution in [0.25, 0.3) is 0 Å². The van der Waals surface area contributed by atoms with Gasteiger partial charge in [0.25, 0.3) is 0 Å². The van der Waals surface area contributed by atoms with Gasteiger partial charge in [-0.2, -0.15) is 0 Å². The molecule has 72 valence electrons. The van der Waals surface area contributed by atoms with E-state index in [0.29, 0.717) is 5.92 Å². The quantitative estimate of drug-likeness (QED) is 0.754. The van der Waals surface area contributed by atoms with E-state index < -0.39 is 0 Å². The van der Waals surface area contributed by atoms with Crippen LogP contribution in [0.4, 0.5) is 0 Å². The fraction of sp³-hybridized carbons (Fsp3) is 0.636. The third kappa shape index (κ3) is 1.94. The fourth-order valence-corrected chi connectivity index (χ4v) is 2.09. The lowest BCUT2D eigenvalue weighted by Gasteiger charge is -2.26. The van der Waals surface area contributed by atoms with Crippen molar-refractivity contribution in [3.05, 3.63) is 24.2 Å². The van der Waals surface area contributed by atoms with E-state index in [1.165, 1.54) is 19.4 Å². The van der Waals surface area contributed by atoms with Crippen molar-refractivity contribution < 1.29 is 4.42 Å². The lowest BCUT2D eigenvalue weighted by atomic mass is 9.86. The minimum absolute atomic E-state index is 0.558. The van der Waals surface area contributed by atoms with Gasteiger partial charge in [0, 0.05) is 5.92 Å². The number of furan rings is 1. The van der Waals surface area contributed by atoms with Gasteiger partial charge in [-0.05, 0) is 44.0 Å². The van der Waals surface area contributed by atoms with Gasteiger partial charge >= 0.3 is 0 Å². The first kappa shape index (κ1) is 8.82. The van der Waals surface area contributed by atoms with Crippen LogP contribution in [0.3, 0.4) is 0 Å². The number of piperidine rings is 1. The lowest BCUT2D eigenvalue weighted by Crippen LogP contribution is -2.32. The van der Waals surface area contributed by atoms with Crippen LogP contribution in [-0.2, 0) is 0 Å². The standard InChI is InChI=1S/C11H17NO/c1-9(11-5-3-7-13-11)10-4-2-6-12-8-10/h3,5,7,9-10,12H,2,4,6,8H2,1H3. The van der Waals surface area contributed by atoms with Crippen molar-refractivity contribution in [1.82, 2.24) is 5.32 Å². The van der Waals surface area contributed by atoms with Gasteiger partial charge in [0.2, 0.25) is 0 Å². The van der Waals surface area contributed by atoms with Crippen LogP contribution in [0.2, 0.25) is 0 Å². The van der Waals surface area contributed by atoms with E-state index in [0.717, 1.165) is 18.2 Å². The Bertz CT molecular complexity index is 237. The SMILES string of the molecule is CC(c1ccco1)C1CCCNC1. The maximum Gasteiger partial charge on any atom is 0.106 e. The van der Waals surface area contributed by atoms with Crippen LogP contribution in [0.1, 0.15) is 31.4 Å². The van der Waals surface area contributed by atoms with Crippen LogP contribution in [0.5, 0.6) is 0 Å². The Morgan fingerprint density at radius 1 is 1.62 bits per heavy atom. The van der Waals surface area contributed by atoms with Gasteiger partial charge in [0.1, 0.15) is 5.76 Å². The molecule has 0 amide bonds. The van der Waals surface area contributed by atoms with Gasteiger partial charge in [-0.1, -0.05) is 6.92 Å². The molecule has 2 heteroatoms. The molecule has 1 aromatic rings. The van der Waals surface area contributed by atoms with E-state index in [2.05, 4.69) is 18.3 Å². The van der Waals surface area contributed by atoms with Gasteiger partial charge in [-0.3, -0.25) is 0 Å². The molecule has 1 aliphatic rings. The Balaban J connectivity index is 1.99. The topological polar surface area (TPSA) is 25.2 Å². The number of rotatable bonds is 2. The molecule has 0 aromatic carbocycles. The highest BCUT2D eigenvalue weighted by atomic mass is 16.3. The molecule has 0 spiro atoms. The van der Waals surface area contributed by atoms with Gasteiger partial charge in [-0.15, -0.1) is 0 Å². The molecular formula is C11H17NO. The first-order valence-corrected chi connectivity index (χ1v) is 5.12. The smallest absolute Gasteiger partial charge is 0.106 e. The molecule has 0 bridgehead atoms. The largest absolute Gasteiger partial charge is 0.469 e. The predicted octanol–water partition coefficient (Wildman–Crippen LogP) is 2.38. The maximum absolute atomic E-state index is 5.42. The Morgan fingerprint density at radius 3 is 3.15 bits per heavy atom. The van der Waals surface area contributed by atoms with Crippen molar-refractivity contribution in [2.45, 2.75) is 25.7 Å². The van der Waals surface area contributed by atoms with E-state index in [4.69, 9.17) is 4.42 Å². The molecule has 1 saturated heterocycles. The molecule has 1 fully saturated rings. The van der Waals surface area contributed by atoms with Crippen molar-refractivity contribution >= 4 is 0 Å². The first-order valence-electron chi connectivity index (χ1n) is 5.12. The summed E-state index contributed by atoms with van der Waals surface area (Å²) in [5, 5.41) is 3.44. The fourth-order valence-electron chi connectivity index (χ4n) is 2.09. The zero-order chi connectivity index (χ0) is 9.10. The zero-order valence-corrected chi connectivity index (χ0v) is 8.12. The van der Waals surface area contributed by atoms with Crippen LogP contribution in [0.15, 0.2) is 22.8 Å². The molecular weight excluding hydrogens is 162 g/mol. The molecule has 2 rings (SSSR count).